The minimum Gasteiger partial charge on any atom is -0.495 e. The molecule has 2 aromatic rings. The minimum atomic E-state index is -2.77. The number of carbonyl (C=O) groups is 2. The Kier molecular flexibility index (Phi) is 5.29. The smallest absolute Gasteiger partial charge is 0.416 e. The number of primary amides is 1. The van der Waals surface area contributed by atoms with Crippen molar-refractivity contribution < 1.29 is 32.6 Å². The molecular formula is C19H21F2N5O5. The second-order valence-corrected chi connectivity index (χ2v) is 7.13. The van der Waals surface area contributed by atoms with E-state index in [0.717, 1.165) is 4.90 Å². The summed E-state index contributed by atoms with van der Waals surface area (Å²) >= 11 is 0. The normalized spacial score (nSPS) is 18.5. The highest BCUT2D eigenvalue weighted by molar-refractivity contribution is 5.90. The van der Waals surface area contributed by atoms with E-state index >= 15 is 0 Å². The lowest BCUT2D eigenvalue weighted by atomic mass is 10.1. The highest BCUT2D eigenvalue weighted by Gasteiger charge is 2.42. The van der Waals surface area contributed by atoms with Crippen molar-refractivity contribution in [3.05, 3.63) is 18.3 Å². The first kappa shape index (κ1) is 20.7. The van der Waals surface area contributed by atoms with E-state index in [2.05, 4.69) is 10.3 Å². The van der Waals surface area contributed by atoms with Gasteiger partial charge in [0, 0.05) is 12.3 Å². The molecule has 3 heterocycles. The third-order valence-electron chi connectivity index (χ3n) is 5.14. The summed E-state index contributed by atoms with van der Waals surface area (Å²) in [5, 5.41) is 2.97. The van der Waals surface area contributed by atoms with Crippen LogP contribution in [0.3, 0.4) is 0 Å². The molecule has 1 saturated heterocycles. The summed E-state index contributed by atoms with van der Waals surface area (Å²) in [6.07, 6.45) is -2.12. The average molecular weight is 437 g/mol. The Hall–Kier alpha value is -3.57. The number of hydrogen-bond acceptors (Lipinski definition) is 7. The van der Waals surface area contributed by atoms with Crippen LogP contribution in [0.25, 0.3) is 11.4 Å². The standard InChI is InChI=1S/C19H21F2N5O5/c1-9(17(22)27)23-11-6-13-10(5-14(11)29-2)18-24-15(7-25(18)3-4-30-13)26-12(16(20)21)8-31-19(26)28/h5-7,9,12,16,23H,3-4,8H2,1-2H3,(H2,22,27)/t9-,12?/m0/s1. The molecule has 10 nitrogen and oxygen atoms in total. The summed E-state index contributed by atoms with van der Waals surface area (Å²) < 4.78 is 44.5. The monoisotopic (exact) mass is 437 g/mol. The highest BCUT2D eigenvalue weighted by atomic mass is 19.3. The lowest BCUT2D eigenvalue weighted by Gasteiger charge is -2.18. The number of nitrogens with one attached hydrogen (secondary N) is 1. The van der Waals surface area contributed by atoms with Crippen LogP contribution in [0.1, 0.15) is 6.92 Å². The molecule has 0 aliphatic carbocycles. The van der Waals surface area contributed by atoms with Gasteiger partial charge in [0.25, 0.3) is 6.43 Å². The Morgan fingerprint density at radius 2 is 2.16 bits per heavy atom. The first-order chi connectivity index (χ1) is 14.8. The Morgan fingerprint density at radius 1 is 1.39 bits per heavy atom. The summed E-state index contributed by atoms with van der Waals surface area (Å²) in [6, 6.07) is 1.26. The van der Waals surface area contributed by atoms with E-state index in [1.54, 1.807) is 23.6 Å². The molecule has 1 fully saturated rings. The number of anilines is 2. The van der Waals surface area contributed by atoms with Crippen LogP contribution >= 0.6 is 0 Å². The number of imidazole rings is 1. The number of nitrogens with two attached hydrogens (primary N) is 1. The quantitative estimate of drug-likeness (QED) is 0.707. The van der Waals surface area contributed by atoms with Gasteiger partial charge in [0.2, 0.25) is 5.91 Å². The van der Waals surface area contributed by atoms with E-state index in [0.29, 0.717) is 35.1 Å². The molecule has 1 aromatic heterocycles. The molecule has 2 amide bonds. The van der Waals surface area contributed by atoms with Gasteiger partial charge in [-0.3, -0.25) is 4.79 Å². The van der Waals surface area contributed by atoms with Gasteiger partial charge in [-0.25, -0.2) is 23.5 Å². The number of amides is 2. The molecule has 166 valence electrons. The molecule has 0 spiro atoms. The minimum absolute atomic E-state index is 0.0687. The second kappa shape index (κ2) is 7.93. The Labute approximate surface area is 175 Å². The first-order valence-electron chi connectivity index (χ1n) is 9.52. The molecule has 0 saturated carbocycles. The van der Waals surface area contributed by atoms with Gasteiger partial charge in [-0.1, -0.05) is 0 Å². The van der Waals surface area contributed by atoms with Crippen molar-refractivity contribution in [3.8, 4) is 22.9 Å². The molecule has 0 radical (unpaired) electrons. The van der Waals surface area contributed by atoms with Gasteiger partial charge in [-0.05, 0) is 13.0 Å². The number of nitrogens with zero attached hydrogens (tertiary/aromatic N) is 3. The molecule has 3 N–H and O–H groups in total. The van der Waals surface area contributed by atoms with Gasteiger partial charge in [0.05, 0.1) is 24.9 Å². The molecular weight excluding hydrogens is 416 g/mol. The number of methoxy groups -OCH3 is 1. The van der Waals surface area contributed by atoms with Gasteiger partial charge in [0.15, 0.2) is 5.82 Å². The molecule has 1 aromatic carbocycles. The number of aromatic nitrogens is 2. The number of ether oxygens (including phenoxy) is 3. The van der Waals surface area contributed by atoms with Crippen LogP contribution in [0, 0.1) is 0 Å². The first-order valence-corrected chi connectivity index (χ1v) is 9.52. The van der Waals surface area contributed by atoms with Crippen LogP contribution in [0.5, 0.6) is 11.5 Å². The molecule has 12 heteroatoms. The summed E-state index contributed by atoms with van der Waals surface area (Å²) in [5.41, 5.74) is 6.36. The van der Waals surface area contributed by atoms with Crippen molar-refractivity contribution in [1.29, 1.82) is 0 Å². The molecule has 4 rings (SSSR count). The van der Waals surface area contributed by atoms with E-state index in [1.165, 1.54) is 13.3 Å². The van der Waals surface area contributed by atoms with E-state index in [1.807, 2.05) is 0 Å². The Balaban J connectivity index is 1.76. The maximum atomic E-state index is 13.4. The maximum Gasteiger partial charge on any atom is 0.416 e. The fourth-order valence-corrected chi connectivity index (χ4v) is 3.48. The zero-order valence-corrected chi connectivity index (χ0v) is 16.8. The molecule has 1 unspecified atom stereocenters. The van der Waals surface area contributed by atoms with Crippen LogP contribution in [-0.4, -0.2) is 60.4 Å². The van der Waals surface area contributed by atoms with Gasteiger partial charge in [0.1, 0.15) is 42.6 Å². The molecule has 0 bridgehead atoms. The topological polar surface area (TPSA) is 121 Å². The van der Waals surface area contributed by atoms with Gasteiger partial charge in [-0.15, -0.1) is 0 Å². The Morgan fingerprint density at radius 3 is 2.84 bits per heavy atom. The summed E-state index contributed by atoms with van der Waals surface area (Å²) in [7, 11) is 1.46. The third kappa shape index (κ3) is 3.68. The van der Waals surface area contributed by atoms with E-state index in [4.69, 9.17) is 19.9 Å². The van der Waals surface area contributed by atoms with Crippen molar-refractivity contribution in [1.82, 2.24) is 9.55 Å². The number of fused-ring (bicyclic) bond motifs is 3. The number of hydrogen-bond donors (Lipinski definition) is 2. The van der Waals surface area contributed by atoms with Crippen LogP contribution < -0.4 is 25.4 Å². The van der Waals surface area contributed by atoms with Crippen LogP contribution in [0.15, 0.2) is 18.3 Å². The highest BCUT2D eigenvalue weighted by Crippen LogP contribution is 2.41. The maximum absolute atomic E-state index is 13.4. The number of benzene rings is 1. The summed E-state index contributed by atoms with van der Waals surface area (Å²) in [5.74, 6) is 0.802. The van der Waals surface area contributed by atoms with Gasteiger partial charge in [-0.2, -0.15) is 0 Å². The predicted octanol–water partition coefficient (Wildman–Crippen LogP) is 1.83. The van der Waals surface area contributed by atoms with E-state index < -0.39 is 37.1 Å². The van der Waals surface area contributed by atoms with Crippen molar-refractivity contribution >= 4 is 23.5 Å². The van der Waals surface area contributed by atoms with Crippen molar-refractivity contribution in [3.63, 3.8) is 0 Å². The van der Waals surface area contributed by atoms with E-state index in [9.17, 15) is 18.4 Å². The number of cyclic esters (lactones) is 1. The van der Waals surface area contributed by atoms with Crippen LogP contribution in [0.2, 0.25) is 0 Å². The zero-order chi connectivity index (χ0) is 22.3. The average Bonchev–Trinajstić information content (AvgIpc) is 3.27. The second-order valence-electron chi connectivity index (χ2n) is 7.13. The number of halogens is 2. The summed E-state index contributed by atoms with van der Waals surface area (Å²) in [4.78, 5) is 28.8. The summed E-state index contributed by atoms with van der Waals surface area (Å²) in [6.45, 7) is 1.86. The van der Waals surface area contributed by atoms with Crippen LogP contribution in [0.4, 0.5) is 25.1 Å². The Bertz CT molecular complexity index is 1030. The van der Waals surface area contributed by atoms with Gasteiger partial charge < -0.3 is 29.8 Å². The lowest BCUT2D eigenvalue weighted by molar-refractivity contribution is -0.118. The molecule has 31 heavy (non-hydrogen) atoms. The number of rotatable bonds is 6. The number of alkyl halides is 2. The molecule has 2 atom stereocenters. The number of carbonyl (C=O) groups excluding carboxylic acids is 2. The molecule has 2 aliphatic rings. The molecule has 2 aliphatic heterocycles. The lowest BCUT2D eigenvalue weighted by Crippen LogP contribution is -2.38. The van der Waals surface area contributed by atoms with Crippen molar-refractivity contribution in [2.45, 2.75) is 32.0 Å². The largest absolute Gasteiger partial charge is 0.495 e. The fourth-order valence-electron chi connectivity index (χ4n) is 3.48. The van der Waals surface area contributed by atoms with Crippen LogP contribution in [-0.2, 0) is 16.1 Å². The van der Waals surface area contributed by atoms with Gasteiger partial charge >= 0.3 is 6.09 Å². The van der Waals surface area contributed by atoms with Crippen molar-refractivity contribution in [2.24, 2.45) is 5.73 Å². The third-order valence-corrected chi connectivity index (χ3v) is 5.14. The van der Waals surface area contributed by atoms with Crippen molar-refractivity contribution in [2.75, 3.05) is 30.5 Å². The fraction of sp³-hybridized carbons (Fsp3) is 0.421. The predicted molar refractivity (Wildman–Crippen MR) is 106 cm³/mol. The van der Waals surface area contributed by atoms with E-state index in [-0.39, 0.29) is 12.4 Å². The SMILES string of the molecule is COc1cc2c(cc1N[C@@H](C)C(N)=O)OCCn1cc(N3C(=O)OCC3C(F)F)nc1-2. The zero-order valence-electron chi connectivity index (χ0n) is 16.8.